The molecule has 102 valence electrons. The van der Waals surface area contributed by atoms with Gasteiger partial charge in [-0.3, -0.25) is 0 Å². The highest BCUT2D eigenvalue weighted by Gasteiger charge is 2.15. The smallest absolute Gasteiger partial charge is 0.240 e. The molecule has 0 aromatic heterocycles. The minimum atomic E-state index is -3.34. The van der Waals surface area contributed by atoms with Crippen molar-refractivity contribution in [1.82, 2.24) is 10.0 Å². The lowest BCUT2D eigenvalue weighted by molar-refractivity contribution is 0.524. The lowest BCUT2D eigenvalue weighted by Gasteiger charge is -2.19. The van der Waals surface area contributed by atoms with Gasteiger partial charge in [-0.15, -0.1) is 0 Å². The van der Waals surface area contributed by atoms with Gasteiger partial charge in [0.1, 0.15) is 0 Å². The molecular formula is C13H22N2O2S. The largest absolute Gasteiger partial charge is 0.317 e. The molecule has 0 heterocycles. The third kappa shape index (κ3) is 3.54. The van der Waals surface area contributed by atoms with Crippen molar-refractivity contribution in [2.45, 2.75) is 37.6 Å². The third-order valence-corrected chi connectivity index (χ3v) is 4.82. The lowest BCUT2D eigenvalue weighted by atomic mass is 9.95. The van der Waals surface area contributed by atoms with E-state index in [0.29, 0.717) is 23.4 Å². The second-order valence-corrected chi connectivity index (χ2v) is 6.20. The third-order valence-electron chi connectivity index (χ3n) is 3.26. The lowest BCUT2D eigenvalue weighted by Crippen LogP contribution is -2.27. The molecular weight excluding hydrogens is 248 g/mol. The maximum atomic E-state index is 11.8. The highest BCUT2D eigenvalue weighted by Crippen LogP contribution is 2.20. The minimum Gasteiger partial charge on any atom is -0.317 e. The van der Waals surface area contributed by atoms with Crippen LogP contribution in [-0.4, -0.2) is 28.1 Å². The first-order valence-electron chi connectivity index (χ1n) is 6.19. The zero-order chi connectivity index (χ0) is 13.8. The van der Waals surface area contributed by atoms with Crippen LogP contribution in [0, 0.1) is 0 Å². The molecule has 2 unspecified atom stereocenters. The molecule has 0 aliphatic carbocycles. The Balaban J connectivity index is 2.93. The van der Waals surface area contributed by atoms with Gasteiger partial charge in [0, 0.05) is 12.6 Å². The molecule has 2 N–H and O–H groups in total. The van der Waals surface area contributed by atoms with Crippen molar-refractivity contribution in [1.29, 1.82) is 0 Å². The van der Waals surface area contributed by atoms with Gasteiger partial charge in [-0.1, -0.05) is 26.0 Å². The predicted molar refractivity (Wildman–Crippen MR) is 74.2 cm³/mol. The van der Waals surface area contributed by atoms with Crippen molar-refractivity contribution >= 4 is 10.0 Å². The standard InChI is InChI=1S/C13H22N2O2S/c1-5-15-18(16,17)13-8-6-12(7-9-13)10(2)11(3)14-4/h6-11,14-15H,5H2,1-4H3. The van der Waals surface area contributed by atoms with Crippen LogP contribution in [0.4, 0.5) is 0 Å². The van der Waals surface area contributed by atoms with E-state index in [1.807, 2.05) is 19.2 Å². The van der Waals surface area contributed by atoms with Crippen LogP contribution in [0.3, 0.4) is 0 Å². The van der Waals surface area contributed by atoms with Crippen LogP contribution in [0.5, 0.6) is 0 Å². The van der Waals surface area contributed by atoms with Gasteiger partial charge in [0.15, 0.2) is 0 Å². The maximum absolute atomic E-state index is 11.8. The van der Waals surface area contributed by atoms with E-state index in [1.165, 1.54) is 0 Å². The Morgan fingerprint density at radius 3 is 2.17 bits per heavy atom. The van der Waals surface area contributed by atoms with Crippen molar-refractivity contribution in [3.8, 4) is 0 Å². The molecule has 0 saturated heterocycles. The molecule has 0 amide bonds. The number of sulfonamides is 1. The highest BCUT2D eigenvalue weighted by molar-refractivity contribution is 7.89. The summed E-state index contributed by atoms with van der Waals surface area (Å²) in [6.07, 6.45) is 0. The zero-order valence-electron chi connectivity index (χ0n) is 11.4. The Morgan fingerprint density at radius 1 is 1.17 bits per heavy atom. The molecule has 1 aromatic carbocycles. The number of likely N-dealkylation sites (N-methyl/N-ethyl adjacent to an activating group) is 1. The van der Waals surface area contributed by atoms with Gasteiger partial charge < -0.3 is 5.32 Å². The molecule has 0 aliphatic rings. The van der Waals surface area contributed by atoms with Gasteiger partial charge in [-0.2, -0.15) is 0 Å². The Labute approximate surface area is 110 Å². The van der Waals surface area contributed by atoms with E-state index in [0.717, 1.165) is 5.56 Å². The summed E-state index contributed by atoms with van der Waals surface area (Å²) in [5, 5.41) is 3.20. The molecule has 0 bridgehead atoms. The average Bonchev–Trinajstić information content (AvgIpc) is 2.37. The summed E-state index contributed by atoms with van der Waals surface area (Å²) in [5.74, 6) is 0.339. The monoisotopic (exact) mass is 270 g/mol. The molecule has 0 spiro atoms. The number of hydrogen-bond donors (Lipinski definition) is 2. The number of benzene rings is 1. The Kier molecular flexibility index (Phi) is 5.31. The first kappa shape index (κ1) is 15.1. The van der Waals surface area contributed by atoms with Crippen LogP contribution in [0.15, 0.2) is 29.2 Å². The summed E-state index contributed by atoms with van der Waals surface area (Å²) in [7, 11) is -1.42. The normalized spacial score (nSPS) is 15.3. The summed E-state index contributed by atoms with van der Waals surface area (Å²) in [6.45, 7) is 6.39. The molecule has 0 radical (unpaired) electrons. The molecule has 0 aliphatic heterocycles. The van der Waals surface area contributed by atoms with Crippen LogP contribution < -0.4 is 10.0 Å². The molecule has 18 heavy (non-hydrogen) atoms. The van der Waals surface area contributed by atoms with E-state index in [4.69, 9.17) is 0 Å². The van der Waals surface area contributed by atoms with Crippen molar-refractivity contribution in [3.63, 3.8) is 0 Å². The Morgan fingerprint density at radius 2 is 1.72 bits per heavy atom. The van der Waals surface area contributed by atoms with Crippen molar-refractivity contribution < 1.29 is 8.42 Å². The first-order chi connectivity index (χ1) is 8.42. The van der Waals surface area contributed by atoms with Crippen LogP contribution in [0.2, 0.25) is 0 Å². The molecule has 1 rings (SSSR count). The van der Waals surface area contributed by atoms with Gasteiger partial charge in [0.25, 0.3) is 0 Å². The van der Waals surface area contributed by atoms with E-state index in [2.05, 4.69) is 23.9 Å². The molecule has 4 nitrogen and oxygen atoms in total. The van der Waals surface area contributed by atoms with Gasteiger partial charge in [-0.25, -0.2) is 13.1 Å². The van der Waals surface area contributed by atoms with Crippen molar-refractivity contribution in [3.05, 3.63) is 29.8 Å². The predicted octanol–water partition coefficient (Wildman–Crippen LogP) is 1.70. The fourth-order valence-electron chi connectivity index (χ4n) is 1.76. The maximum Gasteiger partial charge on any atom is 0.240 e. The van der Waals surface area contributed by atoms with Crippen LogP contribution >= 0.6 is 0 Å². The topological polar surface area (TPSA) is 58.2 Å². The van der Waals surface area contributed by atoms with E-state index < -0.39 is 10.0 Å². The number of hydrogen-bond acceptors (Lipinski definition) is 3. The van der Waals surface area contributed by atoms with Crippen LogP contribution in [0.25, 0.3) is 0 Å². The van der Waals surface area contributed by atoms with Gasteiger partial charge >= 0.3 is 0 Å². The van der Waals surface area contributed by atoms with Crippen molar-refractivity contribution in [2.75, 3.05) is 13.6 Å². The Bertz CT molecular complexity index is 468. The minimum absolute atomic E-state index is 0.317. The molecule has 0 fully saturated rings. The van der Waals surface area contributed by atoms with Gasteiger partial charge in [0.2, 0.25) is 10.0 Å². The van der Waals surface area contributed by atoms with Gasteiger partial charge in [0.05, 0.1) is 4.90 Å². The second-order valence-electron chi connectivity index (χ2n) is 4.44. The van der Waals surface area contributed by atoms with Crippen LogP contribution in [-0.2, 0) is 10.0 Å². The number of rotatable bonds is 6. The summed E-state index contributed by atoms with van der Waals surface area (Å²) < 4.78 is 26.0. The summed E-state index contributed by atoms with van der Waals surface area (Å²) in [5.41, 5.74) is 1.13. The summed E-state index contributed by atoms with van der Waals surface area (Å²) >= 11 is 0. The summed E-state index contributed by atoms with van der Waals surface area (Å²) in [4.78, 5) is 0.317. The first-order valence-corrected chi connectivity index (χ1v) is 7.67. The van der Waals surface area contributed by atoms with E-state index in [-0.39, 0.29) is 0 Å². The fraction of sp³-hybridized carbons (Fsp3) is 0.538. The molecule has 2 atom stereocenters. The van der Waals surface area contributed by atoms with Crippen LogP contribution in [0.1, 0.15) is 32.3 Å². The number of nitrogens with one attached hydrogen (secondary N) is 2. The average molecular weight is 270 g/mol. The quantitative estimate of drug-likeness (QED) is 0.827. The van der Waals surface area contributed by atoms with Crippen molar-refractivity contribution in [2.24, 2.45) is 0 Å². The molecule has 5 heteroatoms. The van der Waals surface area contributed by atoms with Gasteiger partial charge in [-0.05, 0) is 37.6 Å². The molecule has 0 saturated carbocycles. The van der Waals surface area contributed by atoms with E-state index in [1.54, 1.807) is 19.1 Å². The summed E-state index contributed by atoms with van der Waals surface area (Å²) in [6, 6.07) is 7.42. The molecule has 1 aromatic rings. The Hall–Kier alpha value is -0.910. The highest BCUT2D eigenvalue weighted by atomic mass is 32.2. The fourth-order valence-corrected chi connectivity index (χ4v) is 2.80. The van der Waals surface area contributed by atoms with E-state index >= 15 is 0 Å². The SMILES string of the molecule is CCNS(=O)(=O)c1ccc(C(C)C(C)NC)cc1. The second kappa shape index (κ2) is 6.31. The van der Waals surface area contributed by atoms with E-state index in [9.17, 15) is 8.42 Å². The zero-order valence-corrected chi connectivity index (χ0v) is 12.2.